The maximum absolute atomic E-state index is 13.0. The number of carbonyl (C=O) groups excluding carboxylic acids is 1. The number of aromatic nitrogens is 2. The molecule has 1 saturated heterocycles. The van der Waals surface area contributed by atoms with Crippen molar-refractivity contribution in [3.63, 3.8) is 0 Å². The van der Waals surface area contributed by atoms with Crippen molar-refractivity contribution in [2.24, 2.45) is 0 Å². The van der Waals surface area contributed by atoms with Gasteiger partial charge in [0.25, 0.3) is 0 Å². The largest absolute Gasteiger partial charge is 0.497 e. The summed E-state index contributed by atoms with van der Waals surface area (Å²) in [5.74, 6) is 1.28. The minimum absolute atomic E-state index is 0.122. The van der Waals surface area contributed by atoms with Gasteiger partial charge < -0.3 is 29.6 Å². The summed E-state index contributed by atoms with van der Waals surface area (Å²) >= 11 is 5.79. The molecule has 9 heteroatoms. The highest BCUT2D eigenvalue weighted by Crippen LogP contribution is 2.39. The predicted octanol–water partition coefficient (Wildman–Crippen LogP) is 4.89. The van der Waals surface area contributed by atoms with Crippen molar-refractivity contribution >= 4 is 28.9 Å². The molecule has 0 unspecified atom stereocenters. The van der Waals surface area contributed by atoms with Crippen molar-refractivity contribution in [3.05, 3.63) is 103 Å². The molecule has 1 aliphatic rings. The maximum Gasteiger partial charge on any atom is 0.226 e. The van der Waals surface area contributed by atoms with Crippen molar-refractivity contribution < 1.29 is 14.3 Å². The van der Waals surface area contributed by atoms with Crippen LogP contribution in [0.1, 0.15) is 29.9 Å². The van der Waals surface area contributed by atoms with E-state index >= 15 is 0 Å². The molecule has 5 rings (SSSR count). The van der Waals surface area contributed by atoms with Gasteiger partial charge in [-0.2, -0.15) is 0 Å². The molecule has 2 N–H and O–H groups in total. The number of methoxy groups -OCH3 is 2. The van der Waals surface area contributed by atoms with Crippen LogP contribution in [-0.2, 0) is 4.79 Å². The average Bonchev–Trinajstić information content (AvgIpc) is 3.57. The van der Waals surface area contributed by atoms with Gasteiger partial charge >= 0.3 is 0 Å². The van der Waals surface area contributed by atoms with E-state index in [1.54, 1.807) is 20.4 Å². The Hall–Kier alpha value is -4.37. The van der Waals surface area contributed by atoms with Crippen LogP contribution in [0.4, 0.5) is 5.69 Å². The minimum Gasteiger partial charge on any atom is -0.497 e. The molecular weight excluding hydrogens is 498 g/mol. The van der Waals surface area contributed by atoms with Gasteiger partial charge in [-0.1, -0.05) is 18.2 Å². The molecule has 38 heavy (non-hydrogen) atoms. The van der Waals surface area contributed by atoms with E-state index in [1.807, 2.05) is 79.0 Å². The zero-order valence-electron chi connectivity index (χ0n) is 21.2. The maximum atomic E-state index is 13.0. The lowest BCUT2D eigenvalue weighted by Crippen LogP contribution is -2.33. The van der Waals surface area contributed by atoms with E-state index in [4.69, 9.17) is 21.7 Å². The molecule has 0 radical (unpaired) electrons. The first-order valence-electron chi connectivity index (χ1n) is 12.3. The van der Waals surface area contributed by atoms with Crippen molar-refractivity contribution in [3.8, 4) is 17.2 Å². The topological polar surface area (TPSA) is 80.7 Å². The lowest BCUT2D eigenvalue weighted by molar-refractivity contribution is -0.116. The Labute approximate surface area is 227 Å². The van der Waals surface area contributed by atoms with Gasteiger partial charge in [-0.05, 0) is 72.9 Å². The van der Waals surface area contributed by atoms with Gasteiger partial charge in [0.15, 0.2) is 5.11 Å². The van der Waals surface area contributed by atoms with Crippen LogP contribution in [0.2, 0.25) is 0 Å². The molecule has 2 atom stereocenters. The number of hydrogen-bond acceptors (Lipinski definition) is 5. The van der Waals surface area contributed by atoms with E-state index in [9.17, 15) is 4.79 Å². The third-order valence-corrected chi connectivity index (χ3v) is 6.94. The lowest BCUT2D eigenvalue weighted by Gasteiger charge is -2.29. The molecule has 2 aromatic carbocycles. The Kier molecular flexibility index (Phi) is 7.55. The number of pyridine rings is 1. The van der Waals surface area contributed by atoms with E-state index in [0.717, 1.165) is 22.8 Å². The van der Waals surface area contributed by atoms with Crippen LogP contribution in [0.15, 0.2) is 91.3 Å². The number of benzene rings is 2. The molecule has 2 aromatic heterocycles. The summed E-state index contributed by atoms with van der Waals surface area (Å²) in [7, 11) is 3.24. The van der Waals surface area contributed by atoms with E-state index in [2.05, 4.69) is 31.2 Å². The summed E-state index contributed by atoms with van der Waals surface area (Å²) in [6, 6.07) is 24.9. The van der Waals surface area contributed by atoms with Crippen molar-refractivity contribution in [2.45, 2.75) is 18.5 Å². The molecule has 1 amide bonds. The molecule has 3 heterocycles. The first-order chi connectivity index (χ1) is 18.6. The number of nitrogens with one attached hydrogen (secondary N) is 2. The van der Waals surface area contributed by atoms with Crippen molar-refractivity contribution in [1.29, 1.82) is 0 Å². The molecule has 0 aliphatic carbocycles. The predicted molar refractivity (Wildman–Crippen MR) is 151 cm³/mol. The fourth-order valence-corrected chi connectivity index (χ4v) is 5.10. The van der Waals surface area contributed by atoms with Crippen LogP contribution in [0.5, 0.6) is 11.5 Å². The standard InChI is InChI=1S/C29H29N5O3S/c1-36-21-14-12-20(13-15-21)33-18-7-10-24(33)28-27(23-9-5-6-17-30-23)32-29(38)34(28)19-16-26(35)31-22-8-3-4-11-25(22)37-2/h3-15,17-18,27-28H,16,19H2,1-2H3,(H,31,35)(H,32,38)/t27-,28+/m1/s1. The molecular formula is C29H29N5O3S. The fourth-order valence-electron chi connectivity index (χ4n) is 4.76. The van der Waals surface area contributed by atoms with Crippen LogP contribution in [0, 0.1) is 0 Å². The van der Waals surface area contributed by atoms with Gasteiger partial charge in [0, 0.05) is 36.7 Å². The van der Waals surface area contributed by atoms with Crippen molar-refractivity contribution in [2.75, 3.05) is 26.1 Å². The molecule has 194 valence electrons. The zero-order chi connectivity index (χ0) is 26.5. The molecule has 0 saturated carbocycles. The van der Waals surface area contributed by atoms with Crippen LogP contribution < -0.4 is 20.1 Å². The Balaban J connectivity index is 1.43. The normalized spacial score (nSPS) is 16.7. The minimum atomic E-state index is -0.187. The van der Waals surface area contributed by atoms with Gasteiger partial charge in [-0.15, -0.1) is 0 Å². The summed E-state index contributed by atoms with van der Waals surface area (Å²) in [5.41, 5.74) is 3.54. The fraction of sp³-hybridized carbons (Fsp3) is 0.207. The van der Waals surface area contributed by atoms with Gasteiger partial charge in [0.1, 0.15) is 11.5 Å². The number of nitrogens with zero attached hydrogens (tertiary/aromatic N) is 3. The molecule has 4 aromatic rings. The van der Waals surface area contributed by atoms with Crippen LogP contribution in [0.3, 0.4) is 0 Å². The monoisotopic (exact) mass is 527 g/mol. The highest BCUT2D eigenvalue weighted by molar-refractivity contribution is 7.80. The zero-order valence-corrected chi connectivity index (χ0v) is 22.0. The number of ether oxygens (including phenoxy) is 2. The number of hydrogen-bond donors (Lipinski definition) is 2. The Morgan fingerprint density at radius 2 is 1.79 bits per heavy atom. The smallest absolute Gasteiger partial charge is 0.226 e. The highest BCUT2D eigenvalue weighted by atomic mass is 32.1. The van der Waals surface area contributed by atoms with E-state index in [0.29, 0.717) is 23.1 Å². The Morgan fingerprint density at radius 1 is 1.00 bits per heavy atom. The van der Waals surface area contributed by atoms with Crippen LogP contribution in [-0.4, -0.2) is 46.2 Å². The second-order valence-electron chi connectivity index (χ2n) is 8.82. The average molecular weight is 528 g/mol. The van der Waals surface area contributed by atoms with E-state index in [-0.39, 0.29) is 24.4 Å². The summed E-state index contributed by atoms with van der Waals surface area (Å²) in [6.45, 7) is 0.425. The van der Waals surface area contributed by atoms with Gasteiger partial charge in [-0.25, -0.2) is 0 Å². The quantitative estimate of drug-likeness (QED) is 0.300. The van der Waals surface area contributed by atoms with E-state index < -0.39 is 0 Å². The molecule has 1 fully saturated rings. The molecule has 0 spiro atoms. The molecule has 1 aliphatic heterocycles. The van der Waals surface area contributed by atoms with Gasteiger partial charge in [0.2, 0.25) is 5.91 Å². The summed E-state index contributed by atoms with van der Waals surface area (Å²) < 4.78 is 12.8. The SMILES string of the molecule is COc1ccc(-n2cccc2[C@H]2[C@@H](c3ccccn3)NC(=S)N2CCC(=O)Nc2ccccc2OC)cc1. The second-order valence-corrected chi connectivity index (χ2v) is 9.21. The number of amides is 1. The van der Waals surface area contributed by atoms with Crippen LogP contribution in [0.25, 0.3) is 5.69 Å². The summed E-state index contributed by atoms with van der Waals surface area (Å²) in [6.07, 6.45) is 4.05. The second kappa shape index (κ2) is 11.4. The number of carbonyl (C=O) groups is 1. The number of anilines is 1. The molecule has 0 bridgehead atoms. The first kappa shape index (κ1) is 25.3. The number of rotatable bonds is 9. The Bertz CT molecular complexity index is 1410. The third kappa shape index (κ3) is 5.19. The van der Waals surface area contributed by atoms with E-state index in [1.165, 1.54) is 0 Å². The highest BCUT2D eigenvalue weighted by Gasteiger charge is 2.41. The number of para-hydroxylation sites is 2. The molecule has 8 nitrogen and oxygen atoms in total. The van der Waals surface area contributed by atoms with Gasteiger partial charge in [-0.3, -0.25) is 9.78 Å². The summed E-state index contributed by atoms with van der Waals surface area (Å²) in [5, 5.41) is 7.00. The first-order valence-corrected chi connectivity index (χ1v) is 12.7. The van der Waals surface area contributed by atoms with Crippen molar-refractivity contribution in [1.82, 2.24) is 19.8 Å². The van der Waals surface area contributed by atoms with Gasteiger partial charge in [0.05, 0.1) is 37.7 Å². The number of thiocarbonyl (C=S) groups is 1. The lowest BCUT2D eigenvalue weighted by atomic mass is 10.0. The third-order valence-electron chi connectivity index (χ3n) is 6.59. The Morgan fingerprint density at radius 3 is 2.53 bits per heavy atom. The van der Waals surface area contributed by atoms with Crippen LogP contribution >= 0.6 is 12.2 Å². The summed E-state index contributed by atoms with van der Waals surface area (Å²) in [4.78, 5) is 19.6.